The predicted molar refractivity (Wildman–Crippen MR) is 106 cm³/mol. The van der Waals surface area contributed by atoms with E-state index in [0.717, 1.165) is 6.07 Å². The summed E-state index contributed by atoms with van der Waals surface area (Å²) >= 11 is 0. The number of ether oxygens (including phenoxy) is 1. The first-order valence-electron chi connectivity index (χ1n) is 9.45. The van der Waals surface area contributed by atoms with Crippen LogP contribution in [0.3, 0.4) is 0 Å². The van der Waals surface area contributed by atoms with Crippen LogP contribution in [0.2, 0.25) is 0 Å². The van der Waals surface area contributed by atoms with Crippen LogP contribution < -0.4 is 5.32 Å². The van der Waals surface area contributed by atoms with Crippen LogP contribution in [0.15, 0.2) is 36.4 Å². The average molecular weight is 404 g/mol. The number of carbonyl (C=O) groups excluding carboxylic acids is 1. The van der Waals surface area contributed by atoms with Crippen molar-refractivity contribution in [1.82, 2.24) is 10.3 Å². The molecule has 0 aliphatic heterocycles. The topological polar surface area (TPSA) is 54.1 Å². The summed E-state index contributed by atoms with van der Waals surface area (Å²) in [5.41, 5.74) is 1.90. The molecule has 0 aliphatic rings. The average Bonchev–Trinajstić information content (AvgIpc) is 3.01. The van der Waals surface area contributed by atoms with Crippen molar-refractivity contribution in [2.75, 3.05) is 6.61 Å². The molecule has 0 aliphatic carbocycles. The third-order valence-corrected chi connectivity index (χ3v) is 5.00. The van der Waals surface area contributed by atoms with Crippen molar-refractivity contribution in [2.24, 2.45) is 5.92 Å². The minimum atomic E-state index is -0.723. The van der Waals surface area contributed by atoms with E-state index in [1.54, 1.807) is 12.1 Å². The third kappa shape index (κ3) is 4.72. The van der Waals surface area contributed by atoms with Gasteiger partial charge in [0, 0.05) is 29.6 Å². The molecule has 3 aromatic rings. The number of hydrogen-bond donors (Lipinski definition) is 2. The number of aromatic nitrogens is 1. The van der Waals surface area contributed by atoms with Gasteiger partial charge in [0.15, 0.2) is 0 Å². The minimum Gasteiger partial charge on any atom is -0.449 e. The van der Waals surface area contributed by atoms with E-state index in [2.05, 4.69) is 10.3 Å². The van der Waals surface area contributed by atoms with E-state index in [-0.39, 0.29) is 30.5 Å². The highest BCUT2D eigenvalue weighted by Crippen LogP contribution is 2.33. The van der Waals surface area contributed by atoms with Gasteiger partial charge in [-0.15, -0.1) is 0 Å². The first-order chi connectivity index (χ1) is 13.8. The van der Waals surface area contributed by atoms with Gasteiger partial charge < -0.3 is 15.0 Å². The summed E-state index contributed by atoms with van der Waals surface area (Å²) in [6.07, 6.45) is -0.314. The third-order valence-electron chi connectivity index (χ3n) is 5.00. The fourth-order valence-corrected chi connectivity index (χ4v) is 3.04. The molecule has 0 radical (unpaired) electrons. The normalized spacial score (nSPS) is 12.4. The van der Waals surface area contributed by atoms with Gasteiger partial charge in [0.25, 0.3) is 0 Å². The lowest BCUT2D eigenvalue weighted by Gasteiger charge is -2.17. The molecule has 154 valence electrons. The van der Waals surface area contributed by atoms with Crippen LogP contribution in [0, 0.1) is 23.4 Å². The summed E-state index contributed by atoms with van der Waals surface area (Å²) in [7, 11) is 0. The van der Waals surface area contributed by atoms with Crippen molar-refractivity contribution in [3.05, 3.63) is 59.4 Å². The van der Waals surface area contributed by atoms with Crippen LogP contribution in [-0.2, 0) is 11.2 Å². The van der Waals surface area contributed by atoms with Crippen LogP contribution in [0.1, 0.15) is 26.3 Å². The van der Waals surface area contributed by atoms with E-state index >= 15 is 0 Å². The van der Waals surface area contributed by atoms with Gasteiger partial charge in [0.05, 0.1) is 12.1 Å². The number of benzene rings is 2. The Labute approximate surface area is 167 Å². The van der Waals surface area contributed by atoms with Gasteiger partial charge in [0.1, 0.15) is 17.5 Å². The summed E-state index contributed by atoms with van der Waals surface area (Å²) in [5.74, 6) is -1.57. The molecule has 1 unspecified atom stereocenters. The Balaban J connectivity index is 1.88. The fraction of sp³-hybridized carbons (Fsp3) is 0.318. The predicted octanol–water partition coefficient (Wildman–Crippen LogP) is 5.57. The van der Waals surface area contributed by atoms with Crippen LogP contribution >= 0.6 is 0 Å². The van der Waals surface area contributed by atoms with E-state index in [4.69, 9.17) is 4.74 Å². The van der Waals surface area contributed by atoms with E-state index < -0.39 is 23.5 Å². The monoisotopic (exact) mass is 404 g/mol. The molecule has 0 saturated carbocycles. The molecule has 2 aromatic carbocycles. The lowest BCUT2D eigenvalue weighted by Crippen LogP contribution is -2.36. The van der Waals surface area contributed by atoms with Gasteiger partial charge in [-0.25, -0.2) is 18.0 Å². The van der Waals surface area contributed by atoms with Crippen LogP contribution in [-0.4, -0.2) is 23.7 Å². The van der Waals surface area contributed by atoms with Gasteiger partial charge in [-0.2, -0.15) is 0 Å². The Morgan fingerprint density at radius 3 is 2.41 bits per heavy atom. The van der Waals surface area contributed by atoms with Gasteiger partial charge >= 0.3 is 6.09 Å². The molecule has 2 N–H and O–H groups in total. The number of aromatic amines is 1. The molecular weight excluding hydrogens is 381 g/mol. The van der Waals surface area contributed by atoms with Gasteiger partial charge in [-0.05, 0) is 54.3 Å². The largest absolute Gasteiger partial charge is 0.449 e. The number of hydrogen-bond acceptors (Lipinski definition) is 2. The number of alkyl carbamates (subject to hydrolysis) is 1. The second-order valence-electron chi connectivity index (χ2n) is 7.36. The smallest absolute Gasteiger partial charge is 0.407 e. The maximum Gasteiger partial charge on any atom is 0.407 e. The second kappa shape index (κ2) is 8.59. The van der Waals surface area contributed by atoms with E-state index in [9.17, 15) is 18.0 Å². The summed E-state index contributed by atoms with van der Waals surface area (Å²) in [6, 6.07) is 7.67. The molecule has 4 nitrogen and oxygen atoms in total. The molecule has 0 bridgehead atoms. The number of rotatable bonds is 6. The number of H-pyrrole nitrogens is 1. The molecule has 1 aromatic heterocycles. The number of fused-ring (bicyclic) bond motifs is 1. The first kappa shape index (κ1) is 20.8. The number of nitrogens with one attached hydrogen (secondary N) is 2. The first-order valence-corrected chi connectivity index (χ1v) is 9.45. The van der Waals surface area contributed by atoms with Crippen molar-refractivity contribution in [3.63, 3.8) is 0 Å². The zero-order chi connectivity index (χ0) is 21.1. The maximum atomic E-state index is 14.3. The van der Waals surface area contributed by atoms with Crippen molar-refractivity contribution < 1.29 is 22.7 Å². The molecule has 1 heterocycles. The van der Waals surface area contributed by atoms with Crippen LogP contribution in [0.25, 0.3) is 22.2 Å². The lowest BCUT2D eigenvalue weighted by molar-refractivity contribution is 0.141. The number of halogens is 3. The molecule has 29 heavy (non-hydrogen) atoms. The molecule has 0 fully saturated rings. The van der Waals surface area contributed by atoms with Gasteiger partial charge in [-0.1, -0.05) is 13.8 Å². The Hall–Kier alpha value is -2.96. The molecule has 0 saturated heterocycles. The molecule has 1 amide bonds. The van der Waals surface area contributed by atoms with Crippen molar-refractivity contribution >= 4 is 17.0 Å². The van der Waals surface area contributed by atoms with Gasteiger partial charge in [0.2, 0.25) is 0 Å². The van der Waals surface area contributed by atoms with E-state index in [1.165, 1.54) is 18.2 Å². The minimum absolute atomic E-state index is 0.0237. The molecule has 7 heteroatoms. The zero-order valence-corrected chi connectivity index (χ0v) is 16.5. The van der Waals surface area contributed by atoms with Crippen LogP contribution in [0.5, 0.6) is 0 Å². The quantitative estimate of drug-likeness (QED) is 0.565. The Morgan fingerprint density at radius 2 is 1.76 bits per heavy atom. The summed E-state index contributed by atoms with van der Waals surface area (Å²) < 4.78 is 46.6. The highest BCUT2D eigenvalue weighted by atomic mass is 19.1. The SMILES string of the molecule is CC(C)C(C)NC(=O)OCCc1c(-c2ccc(F)cc2)[nH]c2c(F)cc(F)cc12. The summed E-state index contributed by atoms with van der Waals surface area (Å²) in [5, 5.41) is 3.10. The number of amides is 1. The van der Waals surface area contributed by atoms with Crippen LogP contribution in [0.4, 0.5) is 18.0 Å². The molecular formula is C22H23F3N2O2. The summed E-state index contributed by atoms with van der Waals surface area (Å²) in [6.45, 7) is 5.86. The Kier molecular flexibility index (Phi) is 6.15. The highest BCUT2D eigenvalue weighted by Gasteiger charge is 2.18. The van der Waals surface area contributed by atoms with E-state index in [0.29, 0.717) is 22.2 Å². The molecule has 0 spiro atoms. The maximum absolute atomic E-state index is 14.3. The zero-order valence-electron chi connectivity index (χ0n) is 16.5. The van der Waals surface area contributed by atoms with Crippen molar-refractivity contribution in [1.29, 1.82) is 0 Å². The van der Waals surface area contributed by atoms with Crippen molar-refractivity contribution in [2.45, 2.75) is 33.2 Å². The number of carbonyl (C=O) groups is 1. The summed E-state index contributed by atoms with van der Waals surface area (Å²) in [4.78, 5) is 14.9. The lowest BCUT2D eigenvalue weighted by atomic mass is 10.0. The highest BCUT2D eigenvalue weighted by molar-refractivity contribution is 5.91. The standard InChI is InChI=1S/C22H23F3N2O2/c1-12(2)13(3)26-22(28)29-9-8-17-18-10-16(24)11-19(25)21(18)27-20(17)14-4-6-15(23)7-5-14/h4-7,10-13,27H,8-9H2,1-3H3,(H,26,28). The fourth-order valence-electron chi connectivity index (χ4n) is 3.04. The van der Waals surface area contributed by atoms with Crippen molar-refractivity contribution in [3.8, 4) is 11.3 Å². The Morgan fingerprint density at radius 1 is 1.07 bits per heavy atom. The second-order valence-corrected chi connectivity index (χ2v) is 7.36. The molecule has 3 rings (SSSR count). The van der Waals surface area contributed by atoms with Gasteiger partial charge in [-0.3, -0.25) is 0 Å². The Bertz CT molecular complexity index is 1010. The molecule has 1 atom stereocenters. The van der Waals surface area contributed by atoms with E-state index in [1.807, 2.05) is 20.8 Å².